The molecule has 0 amide bonds. The molecular weight excluding hydrogens is 248 g/mol. The third kappa shape index (κ3) is 2.52. The molecule has 0 spiro atoms. The molecule has 0 saturated heterocycles. The molecule has 0 unspecified atom stereocenters. The van der Waals surface area contributed by atoms with Gasteiger partial charge in [-0.3, -0.25) is 0 Å². The Bertz CT molecular complexity index is 667. The van der Waals surface area contributed by atoms with Crippen molar-refractivity contribution in [2.45, 2.75) is 0 Å². The Labute approximate surface area is 108 Å². The number of pyridine rings is 1. The highest BCUT2D eigenvalue weighted by Crippen LogP contribution is 2.23. The topological polar surface area (TPSA) is 114 Å². The Kier molecular flexibility index (Phi) is 3.15. The molecule has 19 heavy (non-hydrogen) atoms. The number of rotatable bonds is 3. The van der Waals surface area contributed by atoms with Gasteiger partial charge >= 0.3 is 11.9 Å². The first-order valence-corrected chi connectivity index (χ1v) is 5.31. The number of carboxylic acids is 2. The summed E-state index contributed by atoms with van der Waals surface area (Å²) in [6, 6.07) is 7.52. The Morgan fingerprint density at radius 2 is 1.79 bits per heavy atom. The number of benzene rings is 1. The van der Waals surface area contributed by atoms with Crippen LogP contribution < -0.4 is 5.73 Å². The fourth-order valence-electron chi connectivity index (χ4n) is 1.64. The van der Waals surface area contributed by atoms with Gasteiger partial charge in [-0.15, -0.1) is 0 Å². The fourth-order valence-corrected chi connectivity index (χ4v) is 1.64. The number of nitrogens with zero attached hydrogens (tertiary/aromatic N) is 1. The molecule has 6 nitrogen and oxygen atoms in total. The molecule has 0 radical (unpaired) electrons. The van der Waals surface area contributed by atoms with E-state index in [0.717, 1.165) is 0 Å². The number of anilines is 1. The van der Waals surface area contributed by atoms with E-state index in [2.05, 4.69) is 4.98 Å². The van der Waals surface area contributed by atoms with Gasteiger partial charge in [0.2, 0.25) is 0 Å². The third-order valence-corrected chi connectivity index (χ3v) is 2.59. The summed E-state index contributed by atoms with van der Waals surface area (Å²) in [5.74, 6) is -2.31. The Morgan fingerprint density at radius 3 is 2.42 bits per heavy atom. The molecule has 0 atom stereocenters. The summed E-state index contributed by atoms with van der Waals surface area (Å²) >= 11 is 0. The van der Waals surface area contributed by atoms with Gasteiger partial charge in [-0.25, -0.2) is 14.6 Å². The number of carbonyl (C=O) groups is 2. The van der Waals surface area contributed by atoms with E-state index in [4.69, 9.17) is 15.9 Å². The second kappa shape index (κ2) is 4.77. The van der Waals surface area contributed by atoms with E-state index in [-0.39, 0.29) is 16.9 Å². The van der Waals surface area contributed by atoms with Gasteiger partial charge in [-0.2, -0.15) is 0 Å². The molecule has 0 aliphatic rings. The van der Waals surface area contributed by atoms with Crippen LogP contribution in [-0.4, -0.2) is 27.1 Å². The van der Waals surface area contributed by atoms with Crippen LogP contribution in [0.2, 0.25) is 0 Å². The van der Waals surface area contributed by atoms with Gasteiger partial charge in [0.25, 0.3) is 0 Å². The molecule has 0 bridgehead atoms. The fraction of sp³-hybridized carbons (Fsp3) is 0. The smallest absolute Gasteiger partial charge is 0.339 e. The van der Waals surface area contributed by atoms with E-state index in [1.54, 1.807) is 12.1 Å². The van der Waals surface area contributed by atoms with Crippen molar-refractivity contribution >= 4 is 17.8 Å². The van der Waals surface area contributed by atoms with Crippen LogP contribution in [0.4, 0.5) is 5.82 Å². The average Bonchev–Trinajstić information content (AvgIpc) is 2.39. The Hall–Kier alpha value is -2.89. The predicted molar refractivity (Wildman–Crippen MR) is 68.0 cm³/mol. The second-order valence-electron chi connectivity index (χ2n) is 3.85. The van der Waals surface area contributed by atoms with E-state index < -0.39 is 11.9 Å². The van der Waals surface area contributed by atoms with Crippen molar-refractivity contribution in [2.24, 2.45) is 0 Å². The first kappa shape index (κ1) is 12.6. The molecule has 2 aromatic rings. The third-order valence-electron chi connectivity index (χ3n) is 2.59. The van der Waals surface area contributed by atoms with Crippen LogP contribution in [0, 0.1) is 0 Å². The number of nitrogens with two attached hydrogens (primary N) is 1. The van der Waals surface area contributed by atoms with Crippen molar-refractivity contribution in [2.75, 3.05) is 5.73 Å². The van der Waals surface area contributed by atoms with Crippen LogP contribution >= 0.6 is 0 Å². The van der Waals surface area contributed by atoms with Crippen LogP contribution in [0.3, 0.4) is 0 Å². The monoisotopic (exact) mass is 258 g/mol. The maximum absolute atomic E-state index is 11.0. The van der Waals surface area contributed by atoms with Crippen molar-refractivity contribution in [3.05, 3.63) is 47.7 Å². The maximum Gasteiger partial charge on any atom is 0.339 e. The normalized spacial score (nSPS) is 10.1. The van der Waals surface area contributed by atoms with E-state index in [0.29, 0.717) is 11.1 Å². The van der Waals surface area contributed by atoms with Crippen LogP contribution in [0.15, 0.2) is 36.5 Å². The van der Waals surface area contributed by atoms with Gasteiger partial charge in [-0.1, -0.05) is 12.1 Å². The van der Waals surface area contributed by atoms with Crippen molar-refractivity contribution in [3.63, 3.8) is 0 Å². The van der Waals surface area contributed by atoms with E-state index >= 15 is 0 Å². The van der Waals surface area contributed by atoms with Crippen molar-refractivity contribution in [1.29, 1.82) is 0 Å². The van der Waals surface area contributed by atoms with Gasteiger partial charge in [0.15, 0.2) is 0 Å². The summed E-state index contributed by atoms with van der Waals surface area (Å²) in [6.45, 7) is 0. The van der Waals surface area contributed by atoms with Crippen LogP contribution in [0.25, 0.3) is 11.1 Å². The quantitative estimate of drug-likeness (QED) is 0.772. The summed E-state index contributed by atoms with van der Waals surface area (Å²) < 4.78 is 0. The number of hydrogen-bond acceptors (Lipinski definition) is 4. The van der Waals surface area contributed by atoms with Gasteiger partial charge in [0.1, 0.15) is 11.4 Å². The molecule has 0 fully saturated rings. The van der Waals surface area contributed by atoms with E-state index in [1.807, 2.05) is 0 Å². The van der Waals surface area contributed by atoms with Crippen LogP contribution in [0.5, 0.6) is 0 Å². The average molecular weight is 258 g/mol. The molecule has 96 valence electrons. The minimum Gasteiger partial charge on any atom is -0.478 e. The Balaban J connectivity index is 2.53. The molecule has 0 saturated carbocycles. The first-order chi connectivity index (χ1) is 8.99. The number of nitrogen functional groups attached to an aromatic ring is 1. The summed E-state index contributed by atoms with van der Waals surface area (Å²) in [5.41, 5.74) is 6.52. The lowest BCUT2D eigenvalue weighted by atomic mass is 10.0. The van der Waals surface area contributed by atoms with Gasteiger partial charge in [0, 0.05) is 11.8 Å². The highest BCUT2D eigenvalue weighted by Gasteiger charge is 2.12. The number of carboxylic acid groups (broad SMARTS) is 2. The van der Waals surface area contributed by atoms with Gasteiger partial charge in [-0.05, 0) is 23.8 Å². The van der Waals surface area contributed by atoms with Gasteiger partial charge < -0.3 is 15.9 Å². The molecule has 1 aromatic heterocycles. The zero-order chi connectivity index (χ0) is 14.0. The lowest BCUT2D eigenvalue weighted by Crippen LogP contribution is -2.04. The maximum atomic E-state index is 11.0. The van der Waals surface area contributed by atoms with Crippen molar-refractivity contribution in [3.8, 4) is 11.1 Å². The molecular formula is C13H10N2O4. The highest BCUT2D eigenvalue weighted by molar-refractivity contribution is 5.94. The Morgan fingerprint density at radius 1 is 1.05 bits per heavy atom. The summed E-state index contributed by atoms with van der Waals surface area (Å²) in [5, 5.41) is 17.9. The molecule has 2 rings (SSSR count). The standard InChI is InChI=1S/C13H10N2O4/c14-11-10(13(18)19)5-9(6-15-11)7-2-1-3-8(4-7)12(16)17/h1-6H,(H2,14,15)(H,16,17)(H,18,19). The van der Waals surface area contributed by atoms with Crippen LogP contribution in [-0.2, 0) is 0 Å². The largest absolute Gasteiger partial charge is 0.478 e. The SMILES string of the molecule is Nc1ncc(-c2cccc(C(=O)O)c2)cc1C(=O)O. The number of aromatic carboxylic acids is 2. The van der Waals surface area contributed by atoms with Crippen LogP contribution in [0.1, 0.15) is 20.7 Å². The summed E-state index contributed by atoms with van der Waals surface area (Å²) in [6.07, 6.45) is 1.41. The molecule has 6 heteroatoms. The van der Waals surface area contributed by atoms with E-state index in [9.17, 15) is 9.59 Å². The van der Waals surface area contributed by atoms with Crippen molar-refractivity contribution in [1.82, 2.24) is 4.98 Å². The minimum absolute atomic E-state index is 0.0781. The lowest BCUT2D eigenvalue weighted by Gasteiger charge is -2.05. The van der Waals surface area contributed by atoms with Crippen molar-refractivity contribution < 1.29 is 19.8 Å². The summed E-state index contributed by atoms with van der Waals surface area (Å²) in [7, 11) is 0. The highest BCUT2D eigenvalue weighted by atomic mass is 16.4. The molecule has 0 aliphatic heterocycles. The van der Waals surface area contributed by atoms with Gasteiger partial charge in [0.05, 0.1) is 5.56 Å². The minimum atomic E-state index is -1.18. The zero-order valence-electron chi connectivity index (χ0n) is 9.70. The second-order valence-corrected chi connectivity index (χ2v) is 3.85. The first-order valence-electron chi connectivity index (χ1n) is 5.31. The molecule has 1 aromatic carbocycles. The number of hydrogen-bond donors (Lipinski definition) is 3. The zero-order valence-corrected chi connectivity index (χ0v) is 9.70. The summed E-state index contributed by atoms with van der Waals surface area (Å²) in [4.78, 5) is 25.7. The van der Waals surface area contributed by atoms with E-state index in [1.165, 1.54) is 24.4 Å². The predicted octanol–water partition coefficient (Wildman–Crippen LogP) is 1.73. The molecule has 0 aliphatic carbocycles. The molecule has 4 N–H and O–H groups in total. The number of aromatic nitrogens is 1. The lowest BCUT2D eigenvalue weighted by molar-refractivity contribution is 0.0686. The molecule has 1 heterocycles.